The number of carbonyl (C=O) groups is 2. The Balaban J connectivity index is 1.77. The van der Waals surface area contributed by atoms with Crippen molar-refractivity contribution in [2.45, 2.75) is 33.6 Å². The molecule has 40 heavy (non-hydrogen) atoms. The Morgan fingerprint density at radius 3 is 2.33 bits per heavy atom. The number of hydrogen-bond donors (Lipinski definition) is 2. The Hall–Kier alpha value is -3.99. The molecule has 0 fully saturated rings. The summed E-state index contributed by atoms with van der Waals surface area (Å²) in [6.07, 6.45) is 0. The first-order valence-corrected chi connectivity index (χ1v) is 14.2. The van der Waals surface area contributed by atoms with Gasteiger partial charge in [0, 0.05) is 10.7 Å². The number of carbonyl (C=O) groups excluding carboxylic acids is 2. The average molecular weight is 572 g/mol. The molecule has 0 saturated heterocycles. The van der Waals surface area contributed by atoms with Crippen LogP contribution < -0.4 is 10.6 Å². The minimum absolute atomic E-state index is 0.0479. The van der Waals surface area contributed by atoms with Gasteiger partial charge in [-0.05, 0) is 56.0 Å². The van der Waals surface area contributed by atoms with E-state index in [2.05, 4.69) is 16.7 Å². The van der Waals surface area contributed by atoms with Crippen LogP contribution in [-0.4, -0.2) is 24.2 Å². The zero-order chi connectivity index (χ0) is 28.8. The van der Waals surface area contributed by atoms with Crippen molar-refractivity contribution in [3.63, 3.8) is 0 Å². The molecule has 1 aliphatic rings. The maximum absolute atomic E-state index is 13.4. The van der Waals surface area contributed by atoms with E-state index in [9.17, 15) is 14.9 Å². The number of benzene rings is 3. The highest BCUT2D eigenvalue weighted by Crippen LogP contribution is 2.45. The largest absolute Gasteiger partial charge is 0.463 e. The molecule has 0 radical (unpaired) electrons. The summed E-state index contributed by atoms with van der Waals surface area (Å²) < 4.78 is 5.47. The number of thioether (sulfide) groups is 1. The fraction of sp³-hybridized carbons (Fsp3) is 0.219. The van der Waals surface area contributed by atoms with Gasteiger partial charge in [-0.1, -0.05) is 89.6 Å². The Morgan fingerprint density at radius 2 is 1.70 bits per heavy atom. The molecule has 3 aromatic carbocycles. The van der Waals surface area contributed by atoms with Crippen LogP contribution in [-0.2, 0) is 14.3 Å². The van der Waals surface area contributed by atoms with Gasteiger partial charge < -0.3 is 15.4 Å². The van der Waals surface area contributed by atoms with E-state index in [1.807, 2.05) is 69.3 Å². The van der Waals surface area contributed by atoms with Gasteiger partial charge in [-0.15, -0.1) is 0 Å². The first kappa shape index (κ1) is 29.0. The summed E-state index contributed by atoms with van der Waals surface area (Å²) in [5.74, 6) is -1.49. The third-order valence-electron chi connectivity index (χ3n) is 6.51. The maximum Gasteiger partial charge on any atom is 0.337 e. The van der Waals surface area contributed by atoms with Gasteiger partial charge in [-0.25, -0.2) is 4.79 Å². The normalized spacial score (nSPS) is 14.8. The molecule has 204 valence electrons. The number of hydrogen-bond acceptors (Lipinski definition) is 6. The number of esters is 1. The summed E-state index contributed by atoms with van der Waals surface area (Å²) in [5.41, 5.74) is 6.31. The molecule has 6 nitrogen and oxygen atoms in total. The van der Waals surface area contributed by atoms with E-state index in [1.165, 1.54) is 11.8 Å². The van der Waals surface area contributed by atoms with Gasteiger partial charge in [0.05, 0.1) is 46.2 Å². The van der Waals surface area contributed by atoms with E-state index < -0.39 is 11.9 Å². The fourth-order valence-electron chi connectivity index (χ4n) is 4.87. The molecule has 1 atom stereocenters. The second-order valence-electron chi connectivity index (χ2n) is 9.42. The van der Waals surface area contributed by atoms with E-state index in [-0.39, 0.29) is 29.4 Å². The van der Waals surface area contributed by atoms with Crippen molar-refractivity contribution in [3.8, 4) is 6.07 Å². The number of ether oxygens (including phenoxy) is 1. The first-order chi connectivity index (χ1) is 19.2. The van der Waals surface area contributed by atoms with Crippen LogP contribution in [0.3, 0.4) is 0 Å². The molecule has 1 aliphatic heterocycles. The minimum Gasteiger partial charge on any atom is -0.463 e. The molecule has 0 aromatic heterocycles. The topological polar surface area (TPSA) is 91.2 Å². The van der Waals surface area contributed by atoms with Crippen LogP contribution in [0.25, 0.3) is 5.70 Å². The Labute approximate surface area is 244 Å². The van der Waals surface area contributed by atoms with Gasteiger partial charge in [0.2, 0.25) is 5.91 Å². The summed E-state index contributed by atoms with van der Waals surface area (Å²) in [4.78, 5) is 26.5. The highest BCUT2D eigenvalue weighted by Gasteiger charge is 2.38. The van der Waals surface area contributed by atoms with E-state index in [4.69, 9.17) is 16.3 Å². The third kappa shape index (κ3) is 6.25. The van der Waals surface area contributed by atoms with Crippen LogP contribution >= 0.6 is 23.4 Å². The summed E-state index contributed by atoms with van der Waals surface area (Å²) in [7, 11) is 0. The molecule has 0 saturated carbocycles. The molecule has 4 rings (SSSR count). The lowest BCUT2D eigenvalue weighted by atomic mass is 9.81. The molecule has 8 heteroatoms. The number of rotatable bonds is 8. The van der Waals surface area contributed by atoms with Crippen molar-refractivity contribution >= 4 is 46.6 Å². The zero-order valence-corrected chi connectivity index (χ0v) is 24.4. The van der Waals surface area contributed by atoms with Gasteiger partial charge in [0.25, 0.3) is 0 Å². The second kappa shape index (κ2) is 12.9. The standard InChI is InChI=1S/C32H30ClN3O3S/c1-5-39-32(38)28-27(23-13-9-10-14-25(23)33)24(17-34)31(36-30(28)22-11-7-6-8-12-22)40-18-26(37)35-29-20(3)15-19(2)16-21(29)4/h6-16,27,36H,5,18H2,1-4H3,(H,35,37)/t27-/m0/s1. The monoisotopic (exact) mass is 571 g/mol. The molecule has 0 bridgehead atoms. The number of amides is 1. The molecule has 0 unspecified atom stereocenters. The molecule has 1 amide bonds. The zero-order valence-electron chi connectivity index (χ0n) is 22.8. The summed E-state index contributed by atoms with van der Waals surface area (Å²) >= 11 is 7.84. The van der Waals surface area contributed by atoms with Crippen LogP contribution in [0, 0.1) is 32.1 Å². The molecular formula is C32H30ClN3O3S. The lowest BCUT2D eigenvalue weighted by Gasteiger charge is -2.31. The van der Waals surface area contributed by atoms with Crippen molar-refractivity contribution < 1.29 is 14.3 Å². The summed E-state index contributed by atoms with van der Waals surface area (Å²) in [5, 5.41) is 17.6. The Morgan fingerprint density at radius 1 is 1.05 bits per heavy atom. The molecular weight excluding hydrogens is 542 g/mol. The number of dihydropyridines is 1. The highest BCUT2D eigenvalue weighted by molar-refractivity contribution is 8.03. The molecule has 0 spiro atoms. The van der Waals surface area contributed by atoms with Crippen molar-refractivity contribution in [1.82, 2.24) is 5.32 Å². The molecule has 1 heterocycles. The number of aryl methyl sites for hydroxylation is 3. The predicted octanol–water partition coefficient (Wildman–Crippen LogP) is 7.03. The van der Waals surface area contributed by atoms with Crippen molar-refractivity contribution in [2.75, 3.05) is 17.7 Å². The van der Waals surface area contributed by atoms with Crippen LogP contribution in [0.1, 0.15) is 40.7 Å². The number of anilines is 1. The minimum atomic E-state index is -0.790. The Kier molecular flexibility index (Phi) is 9.36. The molecule has 3 aromatic rings. The smallest absolute Gasteiger partial charge is 0.337 e. The lowest BCUT2D eigenvalue weighted by Crippen LogP contribution is -2.30. The van der Waals surface area contributed by atoms with E-state index in [0.717, 1.165) is 27.9 Å². The van der Waals surface area contributed by atoms with Crippen LogP contribution in [0.5, 0.6) is 0 Å². The third-order valence-corrected chi connectivity index (χ3v) is 7.87. The van der Waals surface area contributed by atoms with Crippen LogP contribution in [0.15, 0.2) is 82.9 Å². The number of nitriles is 1. The first-order valence-electron chi connectivity index (χ1n) is 12.9. The number of halogens is 1. The van der Waals surface area contributed by atoms with Gasteiger partial charge in [-0.2, -0.15) is 5.26 Å². The van der Waals surface area contributed by atoms with Crippen molar-refractivity contribution in [1.29, 1.82) is 5.26 Å². The number of allylic oxidation sites excluding steroid dienone is 1. The highest BCUT2D eigenvalue weighted by atomic mass is 35.5. The summed E-state index contributed by atoms with van der Waals surface area (Å²) in [6.45, 7) is 7.85. The number of nitrogens with one attached hydrogen (secondary N) is 2. The van der Waals surface area contributed by atoms with E-state index in [0.29, 0.717) is 21.3 Å². The summed E-state index contributed by atoms with van der Waals surface area (Å²) in [6, 6.07) is 22.8. The predicted molar refractivity (Wildman–Crippen MR) is 162 cm³/mol. The van der Waals surface area contributed by atoms with Gasteiger partial charge in [0.15, 0.2) is 0 Å². The molecule has 0 aliphatic carbocycles. The maximum atomic E-state index is 13.4. The SMILES string of the molecule is CCOC(=O)C1=C(c2ccccc2)NC(SCC(=O)Nc2c(C)cc(C)cc2C)=C(C#N)[C@@H]1c1ccccc1Cl. The average Bonchev–Trinajstić information content (AvgIpc) is 2.93. The van der Waals surface area contributed by atoms with Crippen LogP contribution in [0.2, 0.25) is 5.02 Å². The lowest BCUT2D eigenvalue weighted by molar-refractivity contribution is -0.138. The quantitative estimate of drug-likeness (QED) is 0.282. The Bertz CT molecular complexity index is 1530. The fourth-order valence-corrected chi connectivity index (χ4v) is 5.95. The van der Waals surface area contributed by atoms with Crippen LogP contribution in [0.4, 0.5) is 5.69 Å². The van der Waals surface area contributed by atoms with Gasteiger partial charge >= 0.3 is 5.97 Å². The van der Waals surface area contributed by atoms with Gasteiger partial charge in [-0.3, -0.25) is 4.79 Å². The van der Waals surface area contributed by atoms with Gasteiger partial charge in [0.1, 0.15) is 0 Å². The van der Waals surface area contributed by atoms with Crippen molar-refractivity contribution in [2.24, 2.45) is 0 Å². The van der Waals surface area contributed by atoms with E-state index in [1.54, 1.807) is 25.1 Å². The second-order valence-corrected chi connectivity index (χ2v) is 10.8. The number of nitrogens with zero attached hydrogens (tertiary/aromatic N) is 1. The van der Waals surface area contributed by atoms with Crippen molar-refractivity contribution in [3.05, 3.63) is 116 Å². The van der Waals surface area contributed by atoms with E-state index >= 15 is 0 Å². The molecule has 2 N–H and O–H groups in total.